The van der Waals surface area contributed by atoms with Crippen LogP contribution in [0.15, 0.2) is 36.4 Å². The molecule has 1 fully saturated rings. The van der Waals surface area contributed by atoms with E-state index in [4.69, 9.17) is 4.74 Å². The SMILES string of the molecule is COc1cc(Nc2ccc(F)cc2[N+](=O)[O-])ccc1N1CCCC1=O. The summed E-state index contributed by atoms with van der Waals surface area (Å²) in [6.07, 6.45) is 1.30. The first-order valence-corrected chi connectivity index (χ1v) is 7.69. The smallest absolute Gasteiger partial charge is 0.295 e. The fraction of sp³-hybridized carbons (Fsp3) is 0.235. The van der Waals surface area contributed by atoms with Gasteiger partial charge in [0.2, 0.25) is 5.91 Å². The average molecular weight is 345 g/mol. The van der Waals surface area contributed by atoms with Crippen LogP contribution >= 0.6 is 0 Å². The fourth-order valence-corrected chi connectivity index (χ4v) is 2.80. The number of nitrogens with one attached hydrogen (secondary N) is 1. The third-order valence-corrected chi connectivity index (χ3v) is 3.98. The van der Waals surface area contributed by atoms with Crippen molar-refractivity contribution in [1.29, 1.82) is 0 Å². The Morgan fingerprint density at radius 3 is 2.72 bits per heavy atom. The molecule has 3 rings (SSSR count). The number of benzene rings is 2. The standard InChI is InChI=1S/C17H16FN3O4/c1-25-16-10-12(5-7-14(16)20-8-2-3-17(20)22)19-13-6-4-11(18)9-15(13)21(23)24/h4-7,9-10,19H,2-3,8H2,1H3. The van der Waals surface area contributed by atoms with Gasteiger partial charge in [-0.1, -0.05) is 0 Å². The maximum atomic E-state index is 13.2. The zero-order valence-corrected chi connectivity index (χ0v) is 13.5. The van der Waals surface area contributed by atoms with Crippen LogP contribution < -0.4 is 15.0 Å². The zero-order valence-electron chi connectivity index (χ0n) is 13.5. The first-order chi connectivity index (χ1) is 12.0. The van der Waals surface area contributed by atoms with Gasteiger partial charge in [0.15, 0.2) is 0 Å². The van der Waals surface area contributed by atoms with Crippen LogP contribution in [0.1, 0.15) is 12.8 Å². The van der Waals surface area contributed by atoms with Crippen molar-refractivity contribution < 1.29 is 18.8 Å². The monoisotopic (exact) mass is 345 g/mol. The number of nitro groups is 1. The Labute approximate surface area is 143 Å². The van der Waals surface area contributed by atoms with Gasteiger partial charge in [-0.2, -0.15) is 0 Å². The highest BCUT2D eigenvalue weighted by atomic mass is 19.1. The van der Waals surface area contributed by atoms with Gasteiger partial charge >= 0.3 is 0 Å². The third-order valence-electron chi connectivity index (χ3n) is 3.98. The molecule has 1 N–H and O–H groups in total. The minimum atomic E-state index is -0.683. The van der Waals surface area contributed by atoms with Crippen LogP contribution in [0.2, 0.25) is 0 Å². The van der Waals surface area contributed by atoms with E-state index in [1.165, 1.54) is 13.2 Å². The molecule has 1 heterocycles. The molecule has 1 aliphatic heterocycles. The fourth-order valence-electron chi connectivity index (χ4n) is 2.80. The number of methoxy groups -OCH3 is 1. The van der Waals surface area contributed by atoms with Crippen molar-refractivity contribution >= 4 is 28.7 Å². The Morgan fingerprint density at radius 2 is 2.08 bits per heavy atom. The maximum Gasteiger partial charge on any atom is 0.295 e. The molecular formula is C17H16FN3O4. The van der Waals surface area contributed by atoms with E-state index in [1.54, 1.807) is 23.1 Å². The van der Waals surface area contributed by atoms with Crippen LogP contribution in [0, 0.1) is 15.9 Å². The minimum Gasteiger partial charge on any atom is -0.494 e. The number of carbonyl (C=O) groups is 1. The Hall–Kier alpha value is -3.16. The summed E-state index contributed by atoms with van der Waals surface area (Å²) in [5.41, 5.74) is 0.988. The second-order valence-corrected chi connectivity index (χ2v) is 5.58. The molecule has 1 saturated heterocycles. The van der Waals surface area contributed by atoms with Crippen molar-refractivity contribution in [3.63, 3.8) is 0 Å². The van der Waals surface area contributed by atoms with Gasteiger partial charge < -0.3 is 15.0 Å². The number of amides is 1. The van der Waals surface area contributed by atoms with Gasteiger partial charge in [0.25, 0.3) is 5.69 Å². The summed E-state index contributed by atoms with van der Waals surface area (Å²) < 4.78 is 18.6. The summed E-state index contributed by atoms with van der Waals surface area (Å²) >= 11 is 0. The molecule has 0 atom stereocenters. The van der Waals surface area contributed by atoms with Crippen molar-refractivity contribution in [1.82, 2.24) is 0 Å². The maximum absolute atomic E-state index is 13.2. The highest BCUT2D eigenvalue weighted by Crippen LogP contribution is 2.36. The van der Waals surface area contributed by atoms with Gasteiger partial charge in [0.05, 0.1) is 23.8 Å². The summed E-state index contributed by atoms with van der Waals surface area (Å²) in [6, 6.07) is 8.36. The normalized spacial score (nSPS) is 13.8. The molecule has 1 amide bonds. The predicted octanol–water partition coefficient (Wildman–Crippen LogP) is 3.61. The molecule has 0 bridgehead atoms. The lowest BCUT2D eigenvalue weighted by atomic mass is 10.2. The van der Waals surface area contributed by atoms with Crippen molar-refractivity contribution in [2.45, 2.75) is 12.8 Å². The van der Waals surface area contributed by atoms with E-state index in [0.717, 1.165) is 18.6 Å². The van der Waals surface area contributed by atoms with Crippen LogP contribution in [-0.2, 0) is 4.79 Å². The predicted molar refractivity (Wildman–Crippen MR) is 90.9 cm³/mol. The van der Waals surface area contributed by atoms with E-state index in [-0.39, 0.29) is 17.3 Å². The summed E-state index contributed by atoms with van der Waals surface area (Å²) in [5, 5.41) is 14.0. The average Bonchev–Trinajstić information content (AvgIpc) is 3.02. The molecule has 0 saturated carbocycles. The molecule has 130 valence electrons. The van der Waals surface area contributed by atoms with Gasteiger partial charge in [0.1, 0.15) is 17.3 Å². The minimum absolute atomic E-state index is 0.0354. The first kappa shape index (κ1) is 16.7. The van der Waals surface area contributed by atoms with E-state index < -0.39 is 10.7 Å². The first-order valence-electron chi connectivity index (χ1n) is 7.69. The largest absolute Gasteiger partial charge is 0.494 e. The zero-order chi connectivity index (χ0) is 18.0. The van der Waals surface area contributed by atoms with Gasteiger partial charge in [-0.3, -0.25) is 14.9 Å². The van der Waals surface area contributed by atoms with E-state index >= 15 is 0 Å². The van der Waals surface area contributed by atoms with Gasteiger partial charge in [-0.05, 0) is 30.7 Å². The van der Waals surface area contributed by atoms with Gasteiger partial charge in [-0.25, -0.2) is 4.39 Å². The summed E-state index contributed by atoms with van der Waals surface area (Å²) in [6.45, 7) is 0.630. The molecule has 1 aliphatic rings. The number of rotatable bonds is 5. The molecular weight excluding hydrogens is 329 g/mol. The lowest BCUT2D eigenvalue weighted by Gasteiger charge is -2.20. The van der Waals surface area contributed by atoms with E-state index in [9.17, 15) is 19.3 Å². The van der Waals surface area contributed by atoms with E-state index in [2.05, 4.69) is 5.32 Å². The van der Waals surface area contributed by atoms with Crippen molar-refractivity contribution in [3.8, 4) is 5.75 Å². The van der Waals surface area contributed by atoms with Crippen LogP contribution in [0.25, 0.3) is 0 Å². The number of hydrogen-bond donors (Lipinski definition) is 1. The lowest BCUT2D eigenvalue weighted by Crippen LogP contribution is -2.24. The Bertz CT molecular complexity index is 841. The second kappa shape index (κ2) is 6.76. The van der Waals surface area contributed by atoms with Gasteiger partial charge in [0, 0.05) is 24.7 Å². The molecule has 0 radical (unpaired) electrons. The quantitative estimate of drug-likeness (QED) is 0.661. The van der Waals surface area contributed by atoms with Crippen LogP contribution in [0.4, 0.5) is 27.1 Å². The van der Waals surface area contributed by atoms with Crippen LogP contribution in [-0.4, -0.2) is 24.5 Å². The lowest BCUT2D eigenvalue weighted by molar-refractivity contribution is -0.384. The molecule has 25 heavy (non-hydrogen) atoms. The second-order valence-electron chi connectivity index (χ2n) is 5.58. The summed E-state index contributed by atoms with van der Waals surface area (Å²) in [5.74, 6) is -0.170. The molecule has 2 aromatic rings. The molecule has 0 spiro atoms. The number of carbonyl (C=O) groups excluding carboxylic acids is 1. The van der Waals surface area contributed by atoms with E-state index in [0.29, 0.717) is 30.1 Å². The highest BCUT2D eigenvalue weighted by molar-refractivity contribution is 5.97. The summed E-state index contributed by atoms with van der Waals surface area (Å²) in [4.78, 5) is 24.0. The van der Waals surface area contributed by atoms with Crippen LogP contribution in [0.5, 0.6) is 5.75 Å². The number of hydrogen-bond acceptors (Lipinski definition) is 5. The van der Waals surface area contributed by atoms with Crippen molar-refractivity contribution in [2.75, 3.05) is 23.9 Å². The van der Waals surface area contributed by atoms with Gasteiger partial charge in [-0.15, -0.1) is 0 Å². The van der Waals surface area contributed by atoms with E-state index in [1.807, 2.05) is 0 Å². The molecule has 0 aromatic heterocycles. The third kappa shape index (κ3) is 3.37. The number of nitro benzene ring substituents is 1. The molecule has 8 heteroatoms. The molecule has 0 aliphatic carbocycles. The number of nitrogens with zero attached hydrogens (tertiary/aromatic N) is 2. The molecule has 0 unspecified atom stereocenters. The number of halogens is 1. The molecule has 2 aromatic carbocycles. The Kier molecular flexibility index (Phi) is 4.51. The van der Waals surface area contributed by atoms with Crippen molar-refractivity contribution in [3.05, 3.63) is 52.3 Å². The van der Waals surface area contributed by atoms with Crippen molar-refractivity contribution in [2.24, 2.45) is 0 Å². The Morgan fingerprint density at radius 1 is 1.28 bits per heavy atom. The topological polar surface area (TPSA) is 84.7 Å². The molecule has 7 nitrogen and oxygen atoms in total. The number of ether oxygens (including phenoxy) is 1. The highest BCUT2D eigenvalue weighted by Gasteiger charge is 2.24. The Balaban J connectivity index is 1.92. The number of anilines is 3. The summed E-state index contributed by atoms with van der Waals surface area (Å²) in [7, 11) is 1.49. The van der Waals surface area contributed by atoms with Crippen LogP contribution in [0.3, 0.4) is 0 Å².